The highest BCUT2D eigenvalue weighted by Crippen LogP contribution is 2.12. The molecule has 1 aromatic rings. The van der Waals surface area contributed by atoms with E-state index in [2.05, 4.69) is 54.5 Å². The number of aromatic hydroxyl groups is 1. The SMILES string of the molecule is CC(=O)N[C@@H](CCCN=C(N)N)C(=O)N[C@@H](Cc1ccc(O)cc1)C(=O)N[C@@H](CCCN=C(N)N)C(=O)NCC(=O)NCC(=O)N[C@@H](CS)C(N)=O. The lowest BCUT2D eigenvalue weighted by Gasteiger charge is -2.25. The molecule has 0 aliphatic carbocycles. The Morgan fingerprint density at radius 2 is 1.17 bits per heavy atom. The molecule has 0 aliphatic heterocycles. The number of thiol groups is 1. The molecule has 0 bridgehead atoms. The van der Waals surface area contributed by atoms with Gasteiger partial charge < -0.3 is 65.7 Å². The average Bonchev–Trinajstić information content (AvgIpc) is 3.07. The molecule has 7 amide bonds. The van der Waals surface area contributed by atoms with Crippen molar-refractivity contribution in [1.29, 1.82) is 0 Å². The van der Waals surface area contributed by atoms with E-state index in [-0.39, 0.29) is 62.2 Å². The van der Waals surface area contributed by atoms with Gasteiger partial charge in [0.2, 0.25) is 41.4 Å². The molecule has 21 nitrogen and oxygen atoms in total. The van der Waals surface area contributed by atoms with Crippen LogP contribution in [0.5, 0.6) is 5.75 Å². The van der Waals surface area contributed by atoms with Gasteiger partial charge in [-0.1, -0.05) is 12.1 Å². The van der Waals surface area contributed by atoms with Crippen LogP contribution >= 0.6 is 12.6 Å². The quantitative estimate of drug-likeness (QED) is 0.0216. The number of hydrogen-bond donors (Lipinski definition) is 13. The number of nitrogens with one attached hydrogen (secondary N) is 6. The van der Waals surface area contributed by atoms with Crippen molar-refractivity contribution in [2.45, 2.75) is 63.2 Å². The lowest BCUT2D eigenvalue weighted by molar-refractivity contribution is -0.134. The van der Waals surface area contributed by atoms with Crippen molar-refractivity contribution in [3.8, 4) is 5.75 Å². The second kappa shape index (κ2) is 23.6. The summed E-state index contributed by atoms with van der Waals surface area (Å²) in [5.41, 5.74) is 27.2. The van der Waals surface area contributed by atoms with Crippen LogP contribution in [-0.2, 0) is 40.0 Å². The van der Waals surface area contributed by atoms with Gasteiger partial charge in [0.1, 0.15) is 29.9 Å². The van der Waals surface area contributed by atoms with Gasteiger partial charge in [-0.25, -0.2) is 0 Å². The molecule has 0 saturated carbocycles. The standard InChI is InChI=1S/C30H49N13O8S/c1-16(44)40-20(5-3-11-37-30(34)35)27(50)43-21(12-17-6-8-18(45)9-7-17)28(51)42-19(4-2-10-36-29(32)33)26(49)39-13-23(46)38-14-24(47)41-22(15-52)25(31)48/h6-9,19-22,45,52H,2-5,10-15H2,1H3,(H2,31,48)(H,38,46)(H,39,49)(H,40,44)(H,41,47)(H,42,51)(H,43,50)(H4,32,33,36)(H4,34,35,37)/t19-,20-,21-,22-/m0/s1. The molecule has 0 unspecified atom stereocenters. The molecule has 1 aromatic carbocycles. The Kier molecular flexibility index (Phi) is 20.0. The van der Waals surface area contributed by atoms with Gasteiger partial charge in [0.25, 0.3) is 0 Å². The Morgan fingerprint density at radius 1 is 0.673 bits per heavy atom. The van der Waals surface area contributed by atoms with E-state index < -0.39 is 78.6 Å². The normalized spacial score (nSPS) is 12.7. The summed E-state index contributed by atoms with van der Waals surface area (Å²) in [5, 5.41) is 24.4. The number of guanidine groups is 2. The monoisotopic (exact) mass is 751 g/mol. The molecule has 0 spiro atoms. The van der Waals surface area contributed by atoms with Gasteiger partial charge in [0.15, 0.2) is 11.9 Å². The lowest BCUT2D eigenvalue weighted by Crippen LogP contribution is -2.57. The van der Waals surface area contributed by atoms with E-state index in [0.717, 1.165) is 0 Å². The number of nitrogens with zero attached hydrogens (tertiary/aromatic N) is 2. The first kappa shape index (κ1) is 44.2. The zero-order valence-corrected chi connectivity index (χ0v) is 29.6. The molecule has 0 aliphatic rings. The van der Waals surface area contributed by atoms with Crippen molar-refractivity contribution in [3.05, 3.63) is 29.8 Å². The van der Waals surface area contributed by atoms with Gasteiger partial charge in [-0.3, -0.25) is 43.5 Å². The molecule has 1 rings (SSSR count). The largest absolute Gasteiger partial charge is 0.508 e. The van der Waals surface area contributed by atoms with Crippen molar-refractivity contribution in [1.82, 2.24) is 31.9 Å². The molecular weight excluding hydrogens is 702 g/mol. The molecule has 22 heteroatoms. The van der Waals surface area contributed by atoms with Gasteiger partial charge in [-0.15, -0.1) is 0 Å². The Morgan fingerprint density at radius 3 is 1.67 bits per heavy atom. The summed E-state index contributed by atoms with van der Waals surface area (Å²) in [7, 11) is 0. The lowest BCUT2D eigenvalue weighted by atomic mass is 10.0. The third kappa shape index (κ3) is 18.8. The molecule has 0 aromatic heterocycles. The summed E-state index contributed by atoms with van der Waals surface area (Å²) in [4.78, 5) is 95.8. The van der Waals surface area contributed by atoms with E-state index in [1.165, 1.54) is 31.2 Å². The van der Waals surface area contributed by atoms with E-state index >= 15 is 0 Å². The van der Waals surface area contributed by atoms with Crippen LogP contribution in [0.15, 0.2) is 34.3 Å². The number of carbonyl (C=O) groups is 7. The number of phenolic OH excluding ortho intramolecular Hbond substituents is 1. The minimum atomic E-state index is -1.29. The van der Waals surface area contributed by atoms with Crippen molar-refractivity contribution in [2.75, 3.05) is 31.9 Å². The summed E-state index contributed by atoms with van der Waals surface area (Å²) in [6.45, 7) is 0.376. The number of rotatable bonds is 23. The Bertz CT molecular complexity index is 1450. The fourth-order valence-electron chi connectivity index (χ4n) is 4.40. The van der Waals surface area contributed by atoms with E-state index in [1.807, 2.05) is 0 Å². The number of benzene rings is 1. The molecular formula is C30H49N13O8S. The van der Waals surface area contributed by atoms with E-state index in [9.17, 15) is 38.7 Å². The average molecular weight is 752 g/mol. The molecule has 0 fully saturated rings. The van der Waals surface area contributed by atoms with Crippen LogP contribution < -0.4 is 60.6 Å². The number of amides is 7. The van der Waals surface area contributed by atoms with Gasteiger partial charge in [-0.05, 0) is 43.4 Å². The van der Waals surface area contributed by atoms with E-state index in [4.69, 9.17) is 28.7 Å². The molecule has 0 heterocycles. The highest BCUT2D eigenvalue weighted by atomic mass is 32.1. The van der Waals surface area contributed by atoms with E-state index in [1.54, 1.807) is 0 Å². The number of carbonyl (C=O) groups excluding carboxylic acids is 7. The third-order valence-electron chi connectivity index (χ3n) is 6.96. The first-order valence-electron chi connectivity index (χ1n) is 16.0. The smallest absolute Gasteiger partial charge is 0.243 e. The maximum absolute atomic E-state index is 13.7. The van der Waals surface area contributed by atoms with Gasteiger partial charge in [0.05, 0.1) is 13.1 Å². The Balaban J connectivity index is 3.15. The van der Waals surface area contributed by atoms with Gasteiger partial charge in [0, 0.05) is 32.2 Å². The Hall–Kier alpha value is -5.80. The summed E-state index contributed by atoms with van der Waals surface area (Å²) in [6, 6.07) is 1.19. The fourth-order valence-corrected chi connectivity index (χ4v) is 4.67. The number of nitrogens with two attached hydrogens (primary N) is 5. The number of aliphatic imine (C=N–C) groups is 2. The van der Waals surface area contributed by atoms with Crippen molar-refractivity contribution in [2.24, 2.45) is 38.7 Å². The first-order valence-corrected chi connectivity index (χ1v) is 16.7. The van der Waals surface area contributed by atoms with Crippen LogP contribution in [0.4, 0.5) is 0 Å². The summed E-state index contributed by atoms with van der Waals surface area (Å²) in [5.74, 6) is -5.51. The predicted molar refractivity (Wildman–Crippen MR) is 194 cm³/mol. The zero-order chi connectivity index (χ0) is 39.2. The molecule has 0 saturated heterocycles. The molecule has 288 valence electrons. The van der Waals surface area contributed by atoms with Crippen LogP contribution in [0.25, 0.3) is 0 Å². The number of phenols is 1. The topological polar surface area (TPSA) is 367 Å². The maximum atomic E-state index is 13.7. The predicted octanol–water partition coefficient (Wildman–Crippen LogP) is -5.35. The molecule has 4 atom stereocenters. The third-order valence-corrected chi connectivity index (χ3v) is 7.32. The second-order valence-electron chi connectivity index (χ2n) is 11.3. The number of hydrogen-bond acceptors (Lipinski definition) is 11. The number of primary amides is 1. The zero-order valence-electron chi connectivity index (χ0n) is 28.7. The highest BCUT2D eigenvalue weighted by molar-refractivity contribution is 7.80. The highest BCUT2D eigenvalue weighted by Gasteiger charge is 2.30. The van der Waals surface area contributed by atoms with Gasteiger partial charge in [-0.2, -0.15) is 12.6 Å². The van der Waals surface area contributed by atoms with Crippen LogP contribution in [0.1, 0.15) is 38.2 Å². The molecule has 0 radical (unpaired) electrons. The van der Waals surface area contributed by atoms with Crippen LogP contribution in [0.2, 0.25) is 0 Å². The summed E-state index contributed by atoms with van der Waals surface area (Å²) < 4.78 is 0. The van der Waals surface area contributed by atoms with Crippen molar-refractivity contribution < 1.29 is 38.7 Å². The summed E-state index contributed by atoms with van der Waals surface area (Å²) in [6.07, 6.45) is 0.552. The van der Waals surface area contributed by atoms with Crippen LogP contribution in [0.3, 0.4) is 0 Å². The van der Waals surface area contributed by atoms with E-state index in [0.29, 0.717) is 12.0 Å². The van der Waals surface area contributed by atoms with Gasteiger partial charge >= 0.3 is 0 Å². The molecule has 52 heavy (non-hydrogen) atoms. The molecule has 17 N–H and O–H groups in total. The van der Waals surface area contributed by atoms with Crippen molar-refractivity contribution in [3.63, 3.8) is 0 Å². The second-order valence-corrected chi connectivity index (χ2v) is 11.7. The van der Waals surface area contributed by atoms with Crippen LogP contribution in [-0.4, -0.2) is 114 Å². The minimum absolute atomic E-state index is 0.00417. The fraction of sp³-hybridized carbons (Fsp3) is 0.500. The minimum Gasteiger partial charge on any atom is -0.508 e. The Labute approximate surface area is 305 Å². The first-order chi connectivity index (χ1) is 24.5. The summed E-state index contributed by atoms with van der Waals surface area (Å²) >= 11 is 3.92. The van der Waals surface area contributed by atoms with Crippen molar-refractivity contribution >= 4 is 65.9 Å². The maximum Gasteiger partial charge on any atom is 0.243 e. The van der Waals surface area contributed by atoms with Crippen LogP contribution in [0, 0.1) is 0 Å².